The lowest BCUT2D eigenvalue weighted by molar-refractivity contribution is -0.128. The van der Waals surface area contributed by atoms with Crippen molar-refractivity contribution in [1.29, 1.82) is 0 Å². The van der Waals surface area contributed by atoms with Gasteiger partial charge in [-0.2, -0.15) is 0 Å². The van der Waals surface area contributed by atoms with Crippen molar-refractivity contribution in [3.8, 4) is 0 Å². The van der Waals surface area contributed by atoms with Crippen LogP contribution in [0.5, 0.6) is 0 Å². The lowest BCUT2D eigenvalue weighted by Crippen LogP contribution is -2.43. The third-order valence-electron chi connectivity index (χ3n) is 4.38. The van der Waals surface area contributed by atoms with Crippen molar-refractivity contribution in [3.63, 3.8) is 0 Å². The number of hydrogen-bond acceptors (Lipinski definition) is 3. The van der Waals surface area contributed by atoms with E-state index in [0.717, 1.165) is 49.0 Å². The highest BCUT2D eigenvalue weighted by atomic mass is 16.2. The molecule has 1 aliphatic heterocycles. The fourth-order valence-electron chi connectivity index (χ4n) is 2.95. The number of nitrogens with zero attached hydrogens (tertiary/aromatic N) is 1. The van der Waals surface area contributed by atoms with E-state index in [9.17, 15) is 9.59 Å². The van der Waals surface area contributed by atoms with Crippen molar-refractivity contribution in [3.05, 3.63) is 41.3 Å². The van der Waals surface area contributed by atoms with Crippen LogP contribution >= 0.6 is 0 Å². The van der Waals surface area contributed by atoms with E-state index >= 15 is 0 Å². The van der Waals surface area contributed by atoms with Gasteiger partial charge in [-0.1, -0.05) is 25.1 Å². The monoisotopic (exact) mass is 316 g/mol. The molecule has 0 unspecified atom stereocenters. The Labute approximate surface area is 138 Å². The summed E-state index contributed by atoms with van der Waals surface area (Å²) in [5.41, 5.74) is 14.3. The fraction of sp³-hybridized carbons (Fsp3) is 0.500. The zero-order valence-corrected chi connectivity index (χ0v) is 13.8. The maximum absolute atomic E-state index is 12.2. The van der Waals surface area contributed by atoms with Crippen LogP contribution in [-0.4, -0.2) is 35.8 Å². The Morgan fingerprint density at radius 2 is 1.96 bits per heavy atom. The van der Waals surface area contributed by atoms with Gasteiger partial charge in [0.25, 0.3) is 0 Å². The van der Waals surface area contributed by atoms with E-state index < -0.39 is 0 Å². The molecule has 5 heteroatoms. The first-order chi connectivity index (χ1) is 11.0. The van der Waals surface area contributed by atoms with E-state index in [1.807, 2.05) is 17.0 Å². The normalized spacial score (nSPS) is 15.7. The number of piperidine rings is 1. The molecule has 1 radical (unpaired) electrons. The number of carbonyl (C=O) groups is 2. The number of rotatable bonds is 6. The molecule has 1 saturated heterocycles. The van der Waals surface area contributed by atoms with E-state index in [1.54, 1.807) is 6.42 Å². The first-order valence-electron chi connectivity index (χ1n) is 8.26. The second kappa shape index (κ2) is 8.11. The first-order valence-corrected chi connectivity index (χ1v) is 8.26. The SMILES string of the molecule is CCc1cc(C[CH]C(=O)N2CCC(N)CC2)ccc1CC(N)=O. The van der Waals surface area contributed by atoms with Crippen LogP contribution in [-0.2, 0) is 28.9 Å². The molecule has 1 aliphatic rings. The summed E-state index contributed by atoms with van der Waals surface area (Å²) in [5.74, 6) is -0.242. The van der Waals surface area contributed by atoms with Gasteiger partial charge < -0.3 is 16.4 Å². The van der Waals surface area contributed by atoms with Crippen molar-refractivity contribution in [2.75, 3.05) is 13.1 Å². The summed E-state index contributed by atoms with van der Waals surface area (Å²) >= 11 is 0. The van der Waals surface area contributed by atoms with Gasteiger partial charge in [0.15, 0.2) is 0 Å². The zero-order chi connectivity index (χ0) is 16.8. The molecule has 2 rings (SSSR count). The van der Waals surface area contributed by atoms with E-state index in [2.05, 4.69) is 13.0 Å². The Balaban J connectivity index is 1.92. The minimum absolute atomic E-state index is 0.0798. The summed E-state index contributed by atoms with van der Waals surface area (Å²) in [5, 5.41) is 0. The number of hydrogen-bond donors (Lipinski definition) is 2. The predicted molar refractivity (Wildman–Crippen MR) is 90.5 cm³/mol. The average Bonchev–Trinajstić information content (AvgIpc) is 2.53. The van der Waals surface area contributed by atoms with Crippen LogP contribution in [0, 0.1) is 6.42 Å². The minimum Gasteiger partial charge on any atom is -0.369 e. The van der Waals surface area contributed by atoms with E-state index in [4.69, 9.17) is 11.5 Å². The molecule has 0 aliphatic carbocycles. The van der Waals surface area contributed by atoms with Crippen molar-refractivity contribution >= 4 is 11.8 Å². The van der Waals surface area contributed by atoms with E-state index in [1.165, 1.54) is 0 Å². The summed E-state index contributed by atoms with van der Waals surface area (Å²) in [6, 6.07) is 6.20. The molecule has 1 fully saturated rings. The largest absolute Gasteiger partial charge is 0.369 e. The topological polar surface area (TPSA) is 89.4 Å². The number of amides is 2. The van der Waals surface area contributed by atoms with Crippen molar-refractivity contribution in [2.24, 2.45) is 11.5 Å². The molecule has 0 aromatic heterocycles. The lowest BCUT2D eigenvalue weighted by Gasteiger charge is -2.30. The number of carbonyl (C=O) groups excluding carboxylic acids is 2. The molecule has 1 heterocycles. The van der Waals surface area contributed by atoms with Gasteiger partial charge in [-0.3, -0.25) is 9.59 Å². The molecular weight excluding hydrogens is 290 g/mol. The Morgan fingerprint density at radius 3 is 2.57 bits per heavy atom. The Bertz CT molecular complexity index is 563. The van der Waals surface area contributed by atoms with Gasteiger partial charge in [-0.25, -0.2) is 0 Å². The predicted octanol–water partition coefficient (Wildman–Crippen LogP) is 0.973. The molecule has 23 heavy (non-hydrogen) atoms. The van der Waals surface area contributed by atoms with Crippen LogP contribution in [0.15, 0.2) is 18.2 Å². The highest BCUT2D eigenvalue weighted by Gasteiger charge is 2.20. The molecule has 0 spiro atoms. The summed E-state index contributed by atoms with van der Waals surface area (Å²) in [4.78, 5) is 25.2. The lowest BCUT2D eigenvalue weighted by atomic mass is 9.97. The van der Waals surface area contributed by atoms with Crippen LogP contribution in [0.25, 0.3) is 0 Å². The molecule has 0 bridgehead atoms. The van der Waals surface area contributed by atoms with Crippen LogP contribution in [0.1, 0.15) is 36.5 Å². The average molecular weight is 316 g/mol. The molecule has 0 atom stereocenters. The molecule has 1 aromatic carbocycles. The minimum atomic E-state index is -0.322. The molecule has 5 nitrogen and oxygen atoms in total. The van der Waals surface area contributed by atoms with Crippen molar-refractivity contribution < 1.29 is 9.59 Å². The third kappa shape index (κ3) is 5.06. The standard InChI is InChI=1S/C18H26N3O2/c1-2-14-11-13(3-5-15(14)12-17(20)22)4-6-18(23)21-9-7-16(19)8-10-21/h3,5-6,11,16H,2,4,7-10,12,19H2,1H3,(H2,20,22). The molecule has 1 aromatic rings. The number of primary amides is 1. The zero-order valence-electron chi connectivity index (χ0n) is 13.8. The summed E-state index contributed by atoms with van der Waals surface area (Å²) in [7, 11) is 0. The van der Waals surface area contributed by atoms with Crippen LogP contribution in [0.2, 0.25) is 0 Å². The number of benzene rings is 1. The van der Waals surface area contributed by atoms with Crippen molar-refractivity contribution in [1.82, 2.24) is 4.90 Å². The van der Waals surface area contributed by atoms with Gasteiger partial charge in [0.1, 0.15) is 0 Å². The van der Waals surface area contributed by atoms with E-state index in [0.29, 0.717) is 6.42 Å². The van der Waals surface area contributed by atoms with Crippen LogP contribution < -0.4 is 11.5 Å². The number of likely N-dealkylation sites (tertiary alicyclic amines) is 1. The smallest absolute Gasteiger partial charge is 0.226 e. The summed E-state index contributed by atoms with van der Waals surface area (Å²) in [6.07, 6.45) is 5.20. The fourth-order valence-corrected chi connectivity index (χ4v) is 2.95. The molecule has 2 amide bonds. The van der Waals surface area contributed by atoms with Crippen LogP contribution in [0.4, 0.5) is 0 Å². The maximum atomic E-state index is 12.2. The third-order valence-corrected chi connectivity index (χ3v) is 4.38. The summed E-state index contributed by atoms with van der Waals surface area (Å²) in [6.45, 7) is 3.54. The first kappa shape index (κ1) is 17.5. The Hall–Kier alpha value is -1.88. The Kier molecular flexibility index (Phi) is 6.16. The Morgan fingerprint density at radius 1 is 1.26 bits per heavy atom. The van der Waals surface area contributed by atoms with Crippen LogP contribution in [0.3, 0.4) is 0 Å². The van der Waals surface area contributed by atoms with Gasteiger partial charge in [0.2, 0.25) is 11.8 Å². The van der Waals surface area contributed by atoms with E-state index in [-0.39, 0.29) is 24.3 Å². The highest BCUT2D eigenvalue weighted by Crippen LogP contribution is 2.16. The molecule has 125 valence electrons. The van der Waals surface area contributed by atoms with Gasteiger partial charge >= 0.3 is 0 Å². The highest BCUT2D eigenvalue weighted by molar-refractivity contribution is 5.85. The van der Waals surface area contributed by atoms with Gasteiger partial charge in [-0.05, 0) is 42.4 Å². The second-order valence-electron chi connectivity index (χ2n) is 6.17. The number of aryl methyl sites for hydroxylation is 1. The molecular formula is C18H26N3O2. The van der Waals surface area contributed by atoms with Gasteiger partial charge in [0.05, 0.1) is 12.8 Å². The second-order valence-corrected chi connectivity index (χ2v) is 6.17. The van der Waals surface area contributed by atoms with Gasteiger partial charge in [-0.15, -0.1) is 0 Å². The van der Waals surface area contributed by atoms with Gasteiger partial charge in [0, 0.05) is 19.1 Å². The quantitative estimate of drug-likeness (QED) is 0.819. The molecule has 0 saturated carbocycles. The summed E-state index contributed by atoms with van der Waals surface area (Å²) < 4.78 is 0. The van der Waals surface area contributed by atoms with Crippen molar-refractivity contribution in [2.45, 2.75) is 45.1 Å². The molecule has 4 N–H and O–H groups in total. The maximum Gasteiger partial charge on any atom is 0.226 e. The number of nitrogens with two attached hydrogens (primary N) is 2.